The molecule has 0 radical (unpaired) electrons. The number of esters is 1. The number of carbonyl (C=O) groups is 2. The highest BCUT2D eigenvalue weighted by molar-refractivity contribution is 5.92. The van der Waals surface area contributed by atoms with Gasteiger partial charge in [0.05, 0.1) is 12.9 Å². The van der Waals surface area contributed by atoms with Gasteiger partial charge in [-0.15, -0.1) is 0 Å². The minimum absolute atomic E-state index is 0.0302. The lowest BCUT2D eigenvalue weighted by Gasteiger charge is -2.21. The van der Waals surface area contributed by atoms with E-state index in [1.165, 1.54) is 26.4 Å². The molecule has 1 aliphatic rings. The molecule has 7 heteroatoms. The van der Waals surface area contributed by atoms with Crippen LogP contribution in [0.15, 0.2) is 46.2 Å². The molecule has 1 aromatic rings. The van der Waals surface area contributed by atoms with Crippen LogP contribution in [0, 0.1) is 0 Å². The molecule has 0 saturated carbocycles. The molecule has 1 atom stereocenters. The molecule has 0 spiro atoms. The van der Waals surface area contributed by atoms with Crippen LogP contribution in [-0.4, -0.2) is 37.2 Å². The van der Waals surface area contributed by atoms with E-state index in [-0.39, 0.29) is 42.2 Å². The van der Waals surface area contributed by atoms with Crippen LogP contribution in [0.2, 0.25) is 0 Å². The van der Waals surface area contributed by atoms with Gasteiger partial charge in [0.25, 0.3) is 0 Å². The highest BCUT2D eigenvalue weighted by atomic mass is 16.6. The molecule has 1 N–H and O–H groups in total. The summed E-state index contributed by atoms with van der Waals surface area (Å²) in [6.45, 7) is 1.57. The Labute approximate surface area is 139 Å². The van der Waals surface area contributed by atoms with Gasteiger partial charge in [-0.25, -0.2) is 4.79 Å². The van der Waals surface area contributed by atoms with Crippen LogP contribution in [-0.2, 0) is 23.8 Å². The number of hydrogen-bond donors (Lipinski definition) is 1. The number of rotatable bonds is 7. The Kier molecular flexibility index (Phi) is 6.20. The Bertz CT molecular complexity index is 636. The van der Waals surface area contributed by atoms with Crippen LogP contribution in [0.4, 0.5) is 0 Å². The van der Waals surface area contributed by atoms with Crippen molar-refractivity contribution in [2.24, 2.45) is 0 Å². The van der Waals surface area contributed by atoms with Gasteiger partial charge in [-0.05, 0) is 19.1 Å². The Morgan fingerprint density at radius 1 is 1.38 bits per heavy atom. The average Bonchev–Trinajstić information content (AvgIpc) is 3.06. The first-order chi connectivity index (χ1) is 11.5. The average molecular weight is 336 g/mol. The Balaban J connectivity index is 2.07. The summed E-state index contributed by atoms with van der Waals surface area (Å²) in [4.78, 5) is 23.9. The van der Waals surface area contributed by atoms with Crippen molar-refractivity contribution >= 4 is 11.8 Å². The highest BCUT2D eigenvalue weighted by Gasteiger charge is 2.28. The fraction of sp³-hybridized carbons (Fsp3) is 0.412. The van der Waals surface area contributed by atoms with Crippen molar-refractivity contribution in [3.8, 4) is 0 Å². The minimum atomic E-state index is -0.819. The van der Waals surface area contributed by atoms with E-state index in [1.807, 2.05) is 0 Å². The number of ketones is 1. The van der Waals surface area contributed by atoms with Gasteiger partial charge in [-0.1, -0.05) is 0 Å². The van der Waals surface area contributed by atoms with Crippen molar-refractivity contribution in [3.63, 3.8) is 0 Å². The summed E-state index contributed by atoms with van der Waals surface area (Å²) in [6, 6.07) is 3.53. The van der Waals surface area contributed by atoms with Gasteiger partial charge >= 0.3 is 5.97 Å². The summed E-state index contributed by atoms with van der Waals surface area (Å²) in [6.07, 6.45) is 3.54. The Hall–Kier alpha value is -2.54. The summed E-state index contributed by atoms with van der Waals surface area (Å²) in [7, 11) is 1.48. The van der Waals surface area contributed by atoms with Gasteiger partial charge < -0.3 is 23.7 Å². The number of furan rings is 1. The molecule has 1 heterocycles. The van der Waals surface area contributed by atoms with Crippen molar-refractivity contribution in [1.29, 1.82) is 0 Å². The molecule has 0 aliphatic heterocycles. The summed E-state index contributed by atoms with van der Waals surface area (Å²) < 4.78 is 20.5. The fourth-order valence-corrected chi connectivity index (χ4v) is 2.33. The van der Waals surface area contributed by atoms with Crippen molar-refractivity contribution < 1.29 is 33.3 Å². The van der Waals surface area contributed by atoms with Crippen LogP contribution in [0.1, 0.15) is 31.4 Å². The molecule has 1 aliphatic carbocycles. The van der Waals surface area contributed by atoms with Gasteiger partial charge in [-0.3, -0.25) is 4.79 Å². The van der Waals surface area contributed by atoms with E-state index < -0.39 is 5.97 Å². The number of aliphatic hydroxyl groups is 1. The van der Waals surface area contributed by atoms with Crippen LogP contribution in [0.3, 0.4) is 0 Å². The molecule has 1 aromatic heterocycles. The van der Waals surface area contributed by atoms with Crippen molar-refractivity contribution in [2.75, 3.05) is 20.3 Å². The first kappa shape index (κ1) is 17.8. The van der Waals surface area contributed by atoms with Gasteiger partial charge in [0, 0.05) is 31.9 Å². The zero-order chi connectivity index (χ0) is 17.5. The molecule has 0 saturated heterocycles. The topological polar surface area (TPSA) is 95.2 Å². The maximum atomic E-state index is 12.0. The maximum absolute atomic E-state index is 12.0. The monoisotopic (exact) mass is 336 g/mol. The molecular formula is C17H20O7. The summed E-state index contributed by atoms with van der Waals surface area (Å²) >= 11 is 0. The molecule has 7 nitrogen and oxygen atoms in total. The summed E-state index contributed by atoms with van der Waals surface area (Å²) in [5.41, 5.74) is 0. The second-order valence-electron chi connectivity index (χ2n) is 5.34. The maximum Gasteiger partial charge on any atom is 0.377 e. The van der Waals surface area contributed by atoms with Crippen molar-refractivity contribution in [1.82, 2.24) is 0 Å². The van der Waals surface area contributed by atoms with Gasteiger partial charge in [0.1, 0.15) is 23.9 Å². The molecule has 0 bridgehead atoms. The summed E-state index contributed by atoms with van der Waals surface area (Å²) in [5.74, 6) is -0.847. The number of ether oxygens (including phenoxy) is 3. The smallest absolute Gasteiger partial charge is 0.377 e. The number of allylic oxidation sites excluding steroid dienone is 3. The van der Waals surface area contributed by atoms with Crippen LogP contribution in [0.5, 0.6) is 0 Å². The van der Waals surface area contributed by atoms with E-state index in [4.69, 9.17) is 18.6 Å². The van der Waals surface area contributed by atoms with E-state index in [1.54, 1.807) is 12.1 Å². The molecule has 0 amide bonds. The standard InChI is InChI=1S/C17H20O7/c1-11(18)16(17(20)23-7-6-21-2)24-14-9-12(8-13(19)10-14)15-4-3-5-22-15/h3-5,10,12,18H,6-9H2,1-2H3/b16-11+/t12-/m1/s1. The van der Waals surface area contributed by atoms with E-state index in [2.05, 4.69) is 0 Å². The predicted octanol–water partition coefficient (Wildman–Crippen LogP) is 2.61. The largest absolute Gasteiger partial charge is 0.508 e. The Morgan fingerprint density at radius 3 is 2.79 bits per heavy atom. The van der Waals surface area contributed by atoms with Crippen LogP contribution in [0.25, 0.3) is 0 Å². The SMILES string of the molecule is COCCOC(=O)/C(OC1=CC(=O)C[C@@H](c2ccco2)C1)=C(/C)O. The van der Waals surface area contributed by atoms with Gasteiger partial charge in [0.15, 0.2) is 5.78 Å². The minimum Gasteiger partial charge on any atom is -0.508 e. The molecule has 2 rings (SSSR count). The second-order valence-corrected chi connectivity index (χ2v) is 5.34. The first-order valence-corrected chi connectivity index (χ1v) is 7.51. The van der Waals surface area contributed by atoms with E-state index in [0.29, 0.717) is 18.6 Å². The lowest BCUT2D eigenvalue weighted by Crippen LogP contribution is -2.18. The van der Waals surface area contributed by atoms with Crippen LogP contribution < -0.4 is 0 Å². The van der Waals surface area contributed by atoms with E-state index in [9.17, 15) is 14.7 Å². The molecule has 130 valence electrons. The zero-order valence-corrected chi connectivity index (χ0v) is 13.6. The third kappa shape index (κ3) is 4.73. The number of methoxy groups -OCH3 is 1. The molecular weight excluding hydrogens is 316 g/mol. The highest BCUT2D eigenvalue weighted by Crippen LogP contribution is 2.33. The van der Waals surface area contributed by atoms with Gasteiger partial charge in [-0.2, -0.15) is 0 Å². The number of hydrogen-bond acceptors (Lipinski definition) is 7. The molecule has 24 heavy (non-hydrogen) atoms. The lowest BCUT2D eigenvalue weighted by molar-refractivity contribution is -0.144. The number of aliphatic hydroxyl groups excluding tert-OH is 1. The van der Waals surface area contributed by atoms with Crippen molar-refractivity contribution in [2.45, 2.75) is 25.7 Å². The first-order valence-electron chi connectivity index (χ1n) is 7.51. The zero-order valence-electron chi connectivity index (χ0n) is 13.6. The molecule has 0 unspecified atom stereocenters. The second kappa shape index (κ2) is 8.35. The third-order valence-corrected chi connectivity index (χ3v) is 3.43. The summed E-state index contributed by atoms with van der Waals surface area (Å²) in [5, 5.41) is 9.68. The lowest BCUT2D eigenvalue weighted by atomic mass is 9.90. The third-order valence-electron chi connectivity index (χ3n) is 3.43. The quantitative estimate of drug-likeness (QED) is 0.354. The molecule has 0 fully saturated rings. The molecule has 0 aromatic carbocycles. The number of carbonyl (C=O) groups excluding carboxylic acids is 2. The normalized spacial score (nSPS) is 18.7. The van der Waals surface area contributed by atoms with E-state index in [0.717, 1.165) is 0 Å². The Morgan fingerprint density at radius 2 is 2.17 bits per heavy atom. The van der Waals surface area contributed by atoms with Gasteiger partial charge in [0.2, 0.25) is 5.76 Å². The van der Waals surface area contributed by atoms with Crippen LogP contribution >= 0.6 is 0 Å². The van der Waals surface area contributed by atoms with Crippen molar-refractivity contribution in [3.05, 3.63) is 47.5 Å². The van der Waals surface area contributed by atoms with E-state index >= 15 is 0 Å². The predicted molar refractivity (Wildman–Crippen MR) is 83.0 cm³/mol. The fourth-order valence-electron chi connectivity index (χ4n) is 2.33.